The summed E-state index contributed by atoms with van der Waals surface area (Å²) in [6, 6.07) is 6.24. The molecule has 0 saturated carbocycles. The van der Waals surface area contributed by atoms with Crippen molar-refractivity contribution in [3.05, 3.63) is 29.8 Å². The second-order valence-corrected chi connectivity index (χ2v) is 5.52. The van der Waals surface area contributed by atoms with Crippen molar-refractivity contribution in [2.75, 3.05) is 11.5 Å². The summed E-state index contributed by atoms with van der Waals surface area (Å²) in [5.74, 6) is -1.14. The van der Waals surface area contributed by atoms with E-state index >= 15 is 0 Å². The number of nitrogens with zero attached hydrogens (tertiary/aromatic N) is 1. The van der Waals surface area contributed by atoms with Crippen molar-refractivity contribution >= 4 is 23.5 Å². The van der Waals surface area contributed by atoms with E-state index in [0.717, 1.165) is 10.5 Å². The third kappa shape index (κ3) is 2.80. The number of carbonyl (C=O) groups excluding carboxylic acids is 3. The minimum Gasteiger partial charge on any atom is -0.396 e. The number of urea groups is 1. The maximum absolute atomic E-state index is 12.4. The summed E-state index contributed by atoms with van der Waals surface area (Å²) >= 11 is 0. The van der Waals surface area contributed by atoms with Gasteiger partial charge in [-0.15, -0.1) is 0 Å². The summed E-state index contributed by atoms with van der Waals surface area (Å²) in [7, 11) is 0. The van der Waals surface area contributed by atoms with Crippen LogP contribution in [0.4, 0.5) is 10.5 Å². The molecule has 0 aliphatic carbocycles. The number of anilines is 1. The van der Waals surface area contributed by atoms with Crippen LogP contribution in [0.3, 0.4) is 0 Å². The highest BCUT2D eigenvalue weighted by molar-refractivity contribution is 6.29. The molecule has 4 amide bonds. The highest BCUT2D eigenvalue weighted by Gasteiger charge is 2.47. The molecule has 6 heteroatoms. The van der Waals surface area contributed by atoms with Crippen molar-refractivity contribution in [3.63, 3.8) is 0 Å². The topological polar surface area (TPSA) is 86.7 Å². The number of benzene rings is 1. The van der Waals surface area contributed by atoms with Gasteiger partial charge in [0.25, 0.3) is 0 Å². The first-order chi connectivity index (χ1) is 9.87. The lowest BCUT2D eigenvalue weighted by Gasteiger charge is -2.34. The molecule has 0 unspecified atom stereocenters. The van der Waals surface area contributed by atoms with Gasteiger partial charge in [-0.3, -0.25) is 14.9 Å². The van der Waals surface area contributed by atoms with Crippen molar-refractivity contribution in [1.82, 2.24) is 5.32 Å². The monoisotopic (exact) mass is 290 g/mol. The Labute approximate surface area is 122 Å². The molecule has 2 N–H and O–H groups in total. The number of rotatable bonds is 4. The highest BCUT2D eigenvalue weighted by atomic mass is 16.3. The Morgan fingerprint density at radius 2 is 1.95 bits per heavy atom. The number of aryl methyl sites for hydroxylation is 1. The van der Waals surface area contributed by atoms with Gasteiger partial charge in [0.15, 0.2) is 0 Å². The molecule has 1 heterocycles. The van der Waals surface area contributed by atoms with Crippen LogP contribution < -0.4 is 10.2 Å². The molecule has 1 aliphatic heterocycles. The van der Waals surface area contributed by atoms with E-state index in [0.29, 0.717) is 18.5 Å². The zero-order valence-electron chi connectivity index (χ0n) is 12.0. The molecule has 1 saturated heterocycles. The molecule has 0 atom stereocenters. The minimum atomic E-state index is -1.28. The standard InChI is InChI=1S/C15H18N2O4/c1-15(2)12(19)16-14(21)17(13(15)20)11-7-3-5-10(9-11)6-4-8-18/h3,5,7,9,18H,4,6,8H2,1-2H3,(H,16,19,21). The zero-order valence-corrected chi connectivity index (χ0v) is 12.0. The van der Waals surface area contributed by atoms with Crippen LogP contribution in [-0.4, -0.2) is 29.6 Å². The van der Waals surface area contributed by atoms with E-state index in [1.165, 1.54) is 13.8 Å². The zero-order chi connectivity index (χ0) is 15.6. The number of nitrogens with one attached hydrogen (secondary N) is 1. The smallest absolute Gasteiger partial charge is 0.335 e. The molecule has 1 aromatic rings. The first-order valence-corrected chi connectivity index (χ1v) is 6.77. The molecule has 0 bridgehead atoms. The van der Waals surface area contributed by atoms with Crippen LogP contribution in [0.25, 0.3) is 0 Å². The highest BCUT2D eigenvalue weighted by Crippen LogP contribution is 2.28. The quantitative estimate of drug-likeness (QED) is 0.816. The Balaban J connectivity index is 2.34. The Morgan fingerprint density at radius 1 is 1.24 bits per heavy atom. The van der Waals surface area contributed by atoms with Gasteiger partial charge < -0.3 is 5.11 Å². The third-order valence-electron chi connectivity index (χ3n) is 3.52. The minimum absolute atomic E-state index is 0.0783. The van der Waals surface area contributed by atoms with Crippen LogP contribution in [0.5, 0.6) is 0 Å². The van der Waals surface area contributed by atoms with Crippen LogP contribution in [0.15, 0.2) is 24.3 Å². The Morgan fingerprint density at radius 3 is 2.62 bits per heavy atom. The van der Waals surface area contributed by atoms with Crippen LogP contribution >= 0.6 is 0 Å². The molecular formula is C15H18N2O4. The van der Waals surface area contributed by atoms with Crippen LogP contribution in [0, 0.1) is 5.41 Å². The predicted octanol–water partition coefficient (Wildman–Crippen LogP) is 1.22. The number of carbonyl (C=O) groups is 3. The first kappa shape index (κ1) is 15.2. The first-order valence-electron chi connectivity index (χ1n) is 6.77. The molecular weight excluding hydrogens is 272 g/mol. The molecule has 112 valence electrons. The number of aliphatic hydroxyl groups excluding tert-OH is 1. The van der Waals surface area contributed by atoms with Crippen LogP contribution in [0.2, 0.25) is 0 Å². The summed E-state index contributed by atoms with van der Waals surface area (Å²) in [5.41, 5.74) is 0.0556. The second kappa shape index (κ2) is 5.65. The van der Waals surface area contributed by atoms with Gasteiger partial charge in [0, 0.05) is 6.61 Å². The number of aliphatic hydroxyl groups is 1. The lowest BCUT2D eigenvalue weighted by Crippen LogP contribution is -2.62. The van der Waals surface area contributed by atoms with Gasteiger partial charge in [0.1, 0.15) is 5.41 Å². The van der Waals surface area contributed by atoms with Gasteiger partial charge in [-0.05, 0) is 44.4 Å². The molecule has 2 rings (SSSR count). The van der Waals surface area contributed by atoms with Crippen molar-refractivity contribution in [1.29, 1.82) is 0 Å². The molecule has 0 spiro atoms. The van der Waals surface area contributed by atoms with Gasteiger partial charge in [0.2, 0.25) is 11.8 Å². The summed E-state index contributed by atoms with van der Waals surface area (Å²) < 4.78 is 0. The average Bonchev–Trinajstić information content (AvgIpc) is 2.44. The van der Waals surface area contributed by atoms with E-state index in [-0.39, 0.29) is 6.61 Å². The van der Waals surface area contributed by atoms with Crippen LogP contribution in [0.1, 0.15) is 25.8 Å². The molecule has 1 fully saturated rings. The largest absolute Gasteiger partial charge is 0.396 e. The van der Waals surface area contributed by atoms with E-state index < -0.39 is 23.3 Å². The van der Waals surface area contributed by atoms with Crippen LogP contribution in [-0.2, 0) is 16.0 Å². The number of imide groups is 2. The lowest BCUT2D eigenvalue weighted by molar-refractivity contribution is -0.140. The Kier molecular flexibility index (Phi) is 4.09. The molecule has 1 aromatic carbocycles. The summed E-state index contributed by atoms with van der Waals surface area (Å²) in [5, 5.41) is 11.1. The summed E-state index contributed by atoms with van der Waals surface area (Å²) in [6.45, 7) is 3.05. The van der Waals surface area contributed by atoms with E-state index in [1.807, 2.05) is 6.07 Å². The van der Waals surface area contributed by atoms with Gasteiger partial charge in [0.05, 0.1) is 5.69 Å². The van der Waals surface area contributed by atoms with E-state index in [4.69, 9.17) is 5.11 Å². The average molecular weight is 290 g/mol. The normalized spacial score (nSPS) is 17.9. The van der Waals surface area contributed by atoms with Crippen molar-refractivity contribution in [2.24, 2.45) is 5.41 Å². The Bertz CT molecular complexity index is 595. The van der Waals surface area contributed by atoms with E-state index in [1.54, 1.807) is 18.2 Å². The molecule has 0 radical (unpaired) electrons. The van der Waals surface area contributed by atoms with Gasteiger partial charge in [-0.2, -0.15) is 0 Å². The van der Waals surface area contributed by atoms with E-state index in [9.17, 15) is 14.4 Å². The SMILES string of the molecule is CC1(C)C(=O)NC(=O)N(c2cccc(CCCO)c2)C1=O. The van der Waals surface area contributed by atoms with Crippen molar-refractivity contribution < 1.29 is 19.5 Å². The second-order valence-electron chi connectivity index (χ2n) is 5.52. The van der Waals surface area contributed by atoms with Gasteiger partial charge in [-0.25, -0.2) is 9.69 Å². The lowest BCUT2D eigenvalue weighted by atomic mass is 9.88. The molecule has 6 nitrogen and oxygen atoms in total. The fourth-order valence-corrected chi connectivity index (χ4v) is 2.15. The maximum atomic E-state index is 12.4. The predicted molar refractivity (Wildman–Crippen MR) is 76.7 cm³/mol. The summed E-state index contributed by atoms with van der Waals surface area (Å²) in [6.07, 6.45) is 1.25. The molecule has 1 aliphatic rings. The van der Waals surface area contributed by atoms with Gasteiger partial charge in [-0.1, -0.05) is 12.1 Å². The molecule has 0 aromatic heterocycles. The van der Waals surface area contributed by atoms with Crippen molar-refractivity contribution in [2.45, 2.75) is 26.7 Å². The fourth-order valence-electron chi connectivity index (χ4n) is 2.15. The Hall–Kier alpha value is -2.21. The summed E-state index contributed by atoms with van der Waals surface area (Å²) in [4.78, 5) is 37.1. The molecule has 21 heavy (non-hydrogen) atoms. The number of amides is 4. The number of hydrogen-bond donors (Lipinski definition) is 2. The maximum Gasteiger partial charge on any atom is 0.335 e. The third-order valence-corrected chi connectivity index (χ3v) is 3.52. The van der Waals surface area contributed by atoms with Crippen molar-refractivity contribution in [3.8, 4) is 0 Å². The number of hydrogen-bond acceptors (Lipinski definition) is 4. The fraction of sp³-hybridized carbons (Fsp3) is 0.400. The van der Waals surface area contributed by atoms with E-state index in [2.05, 4.69) is 5.32 Å². The van der Waals surface area contributed by atoms with Gasteiger partial charge >= 0.3 is 6.03 Å². The number of barbiturate groups is 1.